The number of fused-ring (bicyclic) bond motifs is 3. The van der Waals surface area contributed by atoms with Crippen LogP contribution in [0.15, 0.2) is 0 Å². The summed E-state index contributed by atoms with van der Waals surface area (Å²) >= 11 is 0. The highest BCUT2D eigenvalue weighted by Gasteiger charge is 2.52. The van der Waals surface area contributed by atoms with Gasteiger partial charge in [0.25, 0.3) is 0 Å². The molecule has 3 rings (SSSR count). The van der Waals surface area contributed by atoms with Crippen LogP contribution in [0.1, 0.15) is 79.6 Å². The molecule has 0 aromatic heterocycles. The summed E-state index contributed by atoms with van der Waals surface area (Å²) in [6, 6.07) is 0. The van der Waals surface area contributed by atoms with Crippen LogP contribution in [0, 0.1) is 40.4 Å². The fraction of sp³-hybridized carbons (Fsp3) is 1.00. The highest BCUT2D eigenvalue weighted by atomic mass is 16.3. The Morgan fingerprint density at radius 2 is 1.62 bits per heavy atom. The first kappa shape index (κ1) is 15.8. The van der Waals surface area contributed by atoms with Crippen molar-refractivity contribution in [3.8, 4) is 0 Å². The summed E-state index contributed by atoms with van der Waals surface area (Å²) in [5, 5.41) is 10.6. The van der Waals surface area contributed by atoms with Crippen molar-refractivity contribution in [3.63, 3.8) is 0 Å². The first-order valence-corrected chi connectivity index (χ1v) is 9.44. The molecule has 1 heteroatoms. The fourth-order valence-corrected chi connectivity index (χ4v) is 6.61. The molecule has 1 unspecified atom stereocenters. The molecule has 3 fully saturated rings. The van der Waals surface area contributed by atoms with Gasteiger partial charge in [-0.25, -0.2) is 0 Å². The van der Waals surface area contributed by atoms with Gasteiger partial charge in [0.1, 0.15) is 0 Å². The number of rotatable bonds is 0. The molecule has 2 bridgehead atoms. The Morgan fingerprint density at radius 3 is 2.33 bits per heavy atom. The van der Waals surface area contributed by atoms with Crippen LogP contribution in [0.2, 0.25) is 0 Å². The lowest BCUT2D eigenvalue weighted by atomic mass is 9.48. The standard InChI is InChI=1S/C20H36O/c1-13-7-6-9-20(5)10-8-16-14(2)18(21)12-15(11-17(13)20)19(16,3)4/h13-18,21H,6-12H2,1-5H3/t13-,14+,15-,16+,17-,18?,20+/m1/s1. The topological polar surface area (TPSA) is 20.2 Å². The Balaban J connectivity index is 1.93. The lowest BCUT2D eigenvalue weighted by Gasteiger charge is -2.58. The number of hydrogen-bond acceptors (Lipinski definition) is 1. The third kappa shape index (κ3) is 2.48. The Bertz CT molecular complexity index is 387. The maximum Gasteiger partial charge on any atom is 0.0571 e. The second-order valence-corrected chi connectivity index (χ2v) is 9.69. The van der Waals surface area contributed by atoms with Crippen LogP contribution in [0.25, 0.3) is 0 Å². The molecule has 21 heavy (non-hydrogen) atoms. The highest BCUT2D eigenvalue weighted by molar-refractivity contribution is 5.02. The second-order valence-electron chi connectivity index (χ2n) is 9.69. The summed E-state index contributed by atoms with van der Waals surface area (Å²) in [6.45, 7) is 12.4. The molecule has 7 atom stereocenters. The molecular weight excluding hydrogens is 256 g/mol. The van der Waals surface area contributed by atoms with E-state index in [9.17, 15) is 5.11 Å². The normalized spacial score (nSPS) is 53.4. The SMILES string of the molecule is C[C@@H]1CCC[C@@]2(C)CC[C@H]3[C@H](C)C(O)C[C@@H](C[C@H]12)C3(C)C. The summed E-state index contributed by atoms with van der Waals surface area (Å²) < 4.78 is 0. The van der Waals surface area contributed by atoms with Gasteiger partial charge < -0.3 is 5.11 Å². The summed E-state index contributed by atoms with van der Waals surface area (Å²) in [5.41, 5.74) is 0.990. The molecule has 1 nitrogen and oxygen atoms in total. The van der Waals surface area contributed by atoms with E-state index in [0.29, 0.717) is 22.7 Å². The Kier molecular flexibility index (Phi) is 3.96. The van der Waals surface area contributed by atoms with Crippen LogP contribution in [-0.4, -0.2) is 11.2 Å². The van der Waals surface area contributed by atoms with E-state index in [2.05, 4.69) is 34.6 Å². The predicted octanol–water partition coefficient (Wildman–Crippen LogP) is 5.27. The molecule has 122 valence electrons. The number of aliphatic hydroxyl groups is 1. The zero-order valence-corrected chi connectivity index (χ0v) is 14.9. The average Bonchev–Trinajstić information content (AvgIpc) is 2.39. The summed E-state index contributed by atoms with van der Waals surface area (Å²) in [5.74, 6) is 3.68. The first-order chi connectivity index (χ1) is 9.75. The van der Waals surface area contributed by atoms with Crippen molar-refractivity contribution in [1.29, 1.82) is 0 Å². The summed E-state index contributed by atoms with van der Waals surface area (Å²) in [7, 11) is 0. The van der Waals surface area contributed by atoms with E-state index < -0.39 is 0 Å². The van der Waals surface area contributed by atoms with E-state index in [-0.39, 0.29) is 6.10 Å². The largest absolute Gasteiger partial charge is 0.393 e. The minimum atomic E-state index is -0.0590. The monoisotopic (exact) mass is 292 g/mol. The van der Waals surface area contributed by atoms with Crippen molar-refractivity contribution in [3.05, 3.63) is 0 Å². The van der Waals surface area contributed by atoms with Gasteiger partial charge in [0.15, 0.2) is 0 Å². The van der Waals surface area contributed by atoms with Crippen LogP contribution < -0.4 is 0 Å². The zero-order chi connectivity index (χ0) is 15.4. The van der Waals surface area contributed by atoms with Crippen LogP contribution in [0.4, 0.5) is 0 Å². The van der Waals surface area contributed by atoms with E-state index in [1.54, 1.807) is 0 Å². The third-order valence-electron chi connectivity index (χ3n) is 8.33. The van der Waals surface area contributed by atoms with Crippen molar-refractivity contribution in [2.24, 2.45) is 40.4 Å². The lowest BCUT2D eigenvalue weighted by molar-refractivity contribution is -0.113. The van der Waals surface area contributed by atoms with Crippen molar-refractivity contribution in [2.75, 3.05) is 0 Å². The van der Waals surface area contributed by atoms with Gasteiger partial charge in [0.2, 0.25) is 0 Å². The van der Waals surface area contributed by atoms with Crippen LogP contribution >= 0.6 is 0 Å². The molecule has 0 amide bonds. The van der Waals surface area contributed by atoms with Crippen molar-refractivity contribution in [2.45, 2.75) is 85.7 Å². The van der Waals surface area contributed by atoms with Gasteiger partial charge >= 0.3 is 0 Å². The molecule has 0 aromatic carbocycles. The van der Waals surface area contributed by atoms with E-state index in [1.807, 2.05) is 0 Å². The molecule has 0 spiro atoms. The molecule has 0 radical (unpaired) electrons. The van der Waals surface area contributed by atoms with E-state index in [0.717, 1.165) is 24.2 Å². The zero-order valence-electron chi connectivity index (χ0n) is 14.9. The minimum absolute atomic E-state index is 0.0590. The Hall–Kier alpha value is -0.0400. The van der Waals surface area contributed by atoms with E-state index in [4.69, 9.17) is 0 Å². The number of hydrogen-bond donors (Lipinski definition) is 1. The van der Waals surface area contributed by atoms with Crippen molar-refractivity contribution in [1.82, 2.24) is 0 Å². The van der Waals surface area contributed by atoms with Gasteiger partial charge in [0, 0.05) is 0 Å². The molecule has 0 aliphatic heterocycles. The minimum Gasteiger partial charge on any atom is -0.393 e. The van der Waals surface area contributed by atoms with Crippen molar-refractivity contribution >= 4 is 0 Å². The van der Waals surface area contributed by atoms with E-state index >= 15 is 0 Å². The third-order valence-corrected chi connectivity index (χ3v) is 8.33. The van der Waals surface area contributed by atoms with Gasteiger partial charge in [-0.3, -0.25) is 0 Å². The Labute approximate surface area is 131 Å². The van der Waals surface area contributed by atoms with Crippen LogP contribution in [0.5, 0.6) is 0 Å². The second kappa shape index (κ2) is 5.25. The summed E-state index contributed by atoms with van der Waals surface area (Å²) in [4.78, 5) is 0. The van der Waals surface area contributed by atoms with Crippen LogP contribution in [0.3, 0.4) is 0 Å². The molecule has 0 saturated heterocycles. The molecule has 3 aliphatic carbocycles. The summed E-state index contributed by atoms with van der Waals surface area (Å²) in [6.07, 6.45) is 9.38. The Morgan fingerprint density at radius 1 is 0.905 bits per heavy atom. The fourth-order valence-electron chi connectivity index (χ4n) is 6.61. The van der Waals surface area contributed by atoms with E-state index in [1.165, 1.54) is 38.5 Å². The predicted molar refractivity (Wildman–Crippen MR) is 89.0 cm³/mol. The number of aliphatic hydroxyl groups excluding tert-OH is 1. The lowest BCUT2D eigenvalue weighted by Crippen LogP contribution is -2.51. The van der Waals surface area contributed by atoms with Gasteiger partial charge in [-0.2, -0.15) is 0 Å². The average molecular weight is 293 g/mol. The maximum absolute atomic E-state index is 10.6. The smallest absolute Gasteiger partial charge is 0.0571 e. The highest BCUT2D eigenvalue weighted by Crippen LogP contribution is 2.60. The molecule has 3 aliphatic rings. The van der Waals surface area contributed by atoms with Gasteiger partial charge in [-0.15, -0.1) is 0 Å². The molecular formula is C20H36O. The molecule has 0 aromatic rings. The van der Waals surface area contributed by atoms with Gasteiger partial charge in [-0.1, -0.05) is 47.5 Å². The molecule has 0 heterocycles. The first-order valence-electron chi connectivity index (χ1n) is 9.44. The van der Waals surface area contributed by atoms with Crippen molar-refractivity contribution < 1.29 is 5.11 Å². The molecule has 3 saturated carbocycles. The van der Waals surface area contributed by atoms with Gasteiger partial charge in [0.05, 0.1) is 6.10 Å². The van der Waals surface area contributed by atoms with Gasteiger partial charge in [-0.05, 0) is 72.5 Å². The maximum atomic E-state index is 10.6. The quantitative estimate of drug-likeness (QED) is 0.644. The molecule has 1 N–H and O–H groups in total. The van der Waals surface area contributed by atoms with Crippen LogP contribution in [-0.2, 0) is 0 Å².